The number of hydrogen-bond donors (Lipinski definition) is 1. The molecule has 0 atom stereocenters. The molecule has 0 bridgehead atoms. The van der Waals surface area contributed by atoms with Crippen molar-refractivity contribution in [2.75, 3.05) is 5.32 Å². The third kappa shape index (κ3) is 4.45. The quantitative estimate of drug-likeness (QED) is 0.705. The molecule has 1 N–H and O–H groups in total. The molecule has 0 radical (unpaired) electrons. The fourth-order valence-corrected chi connectivity index (χ4v) is 2.68. The molecule has 0 spiro atoms. The molecule has 0 saturated carbocycles. The van der Waals surface area contributed by atoms with Crippen LogP contribution in [0.25, 0.3) is 0 Å². The number of nitrogens with one attached hydrogen (secondary N) is 1. The molecule has 1 aromatic heterocycles. The average Bonchev–Trinajstić information content (AvgIpc) is 3.01. The van der Waals surface area contributed by atoms with Gasteiger partial charge in [-0.25, -0.2) is 9.48 Å². The smallest absolute Gasteiger partial charge is 0.413 e. The Hall–Kier alpha value is -2.60. The fraction of sp³-hybridized carbons (Fsp3) is 0.111. The van der Waals surface area contributed by atoms with E-state index in [9.17, 15) is 4.79 Å². The van der Waals surface area contributed by atoms with Crippen LogP contribution in [0.5, 0.6) is 0 Å². The maximum absolute atomic E-state index is 12.0. The molecule has 0 aliphatic rings. The lowest BCUT2D eigenvalue weighted by atomic mass is 10.2. The first-order valence-corrected chi connectivity index (χ1v) is 8.24. The third-order valence-electron chi connectivity index (χ3n) is 3.38. The second-order valence-corrected chi connectivity index (χ2v) is 6.11. The Morgan fingerprint density at radius 1 is 1.08 bits per heavy atom. The highest BCUT2D eigenvalue weighted by molar-refractivity contribution is 9.10. The van der Waals surface area contributed by atoms with Gasteiger partial charge in [0.25, 0.3) is 0 Å². The van der Waals surface area contributed by atoms with Crippen LogP contribution in [-0.2, 0) is 17.9 Å². The molecule has 1 amide bonds. The first kappa shape index (κ1) is 16.3. The van der Waals surface area contributed by atoms with Gasteiger partial charge >= 0.3 is 6.09 Å². The van der Waals surface area contributed by atoms with Crippen molar-refractivity contribution in [2.24, 2.45) is 0 Å². The van der Waals surface area contributed by atoms with Crippen LogP contribution in [0.15, 0.2) is 71.3 Å². The van der Waals surface area contributed by atoms with E-state index in [0.717, 1.165) is 15.6 Å². The standard InChI is InChI=1S/C18H16BrN3O2/c19-16-8-4-7-15(11-16)12-22-17(9-10-20-22)21-18(23)24-13-14-5-2-1-3-6-14/h1-11H,12-13H2,(H,21,23). The molecular formula is C18H16BrN3O2. The fourth-order valence-electron chi connectivity index (χ4n) is 2.24. The van der Waals surface area contributed by atoms with E-state index in [1.54, 1.807) is 16.9 Å². The predicted octanol–water partition coefficient (Wildman–Crippen LogP) is 4.44. The van der Waals surface area contributed by atoms with E-state index in [1.165, 1.54) is 0 Å². The lowest BCUT2D eigenvalue weighted by molar-refractivity contribution is 0.155. The highest BCUT2D eigenvalue weighted by atomic mass is 79.9. The number of amides is 1. The maximum Gasteiger partial charge on any atom is 0.413 e. The van der Waals surface area contributed by atoms with Crippen molar-refractivity contribution in [3.05, 3.63) is 82.5 Å². The molecule has 0 unspecified atom stereocenters. The number of benzene rings is 2. The van der Waals surface area contributed by atoms with Crippen LogP contribution in [0.4, 0.5) is 10.6 Å². The van der Waals surface area contributed by atoms with Gasteiger partial charge in [-0.05, 0) is 23.3 Å². The molecule has 3 aromatic rings. The zero-order valence-corrected chi connectivity index (χ0v) is 14.4. The number of ether oxygens (including phenoxy) is 1. The van der Waals surface area contributed by atoms with Gasteiger partial charge in [0, 0.05) is 10.5 Å². The van der Waals surface area contributed by atoms with Crippen molar-refractivity contribution >= 4 is 27.8 Å². The van der Waals surface area contributed by atoms with E-state index in [0.29, 0.717) is 12.4 Å². The van der Waals surface area contributed by atoms with Crippen molar-refractivity contribution in [3.63, 3.8) is 0 Å². The van der Waals surface area contributed by atoms with Crippen molar-refractivity contribution in [1.82, 2.24) is 9.78 Å². The number of nitrogens with zero attached hydrogens (tertiary/aromatic N) is 2. The Morgan fingerprint density at radius 2 is 1.88 bits per heavy atom. The van der Waals surface area contributed by atoms with E-state index in [4.69, 9.17) is 4.74 Å². The van der Waals surface area contributed by atoms with Gasteiger partial charge in [0.1, 0.15) is 12.4 Å². The van der Waals surface area contributed by atoms with Gasteiger partial charge in [0.2, 0.25) is 0 Å². The summed E-state index contributed by atoms with van der Waals surface area (Å²) in [6, 6.07) is 19.2. The normalized spacial score (nSPS) is 10.4. The van der Waals surface area contributed by atoms with E-state index in [1.807, 2.05) is 54.6 Å². The highest BCUT2D eigenvalue weighted by Crippen LogP contribution is 2.15. The van der Waals surface area contributed by atoms with Crippen LogP contribution in [0.1, 0.15) is 11.1 Å². The number of carbonyl (C=O) groups excluding carboxylic acids is 1. The summed E-state index contributed by atoms with van der Waals surface area (Å²) in [6.07, 6.45) is 1.14. The van der Waals surface area contributed by atoms with Gasteiger partial charge in [0.15, 0.2) is 0 Å². The average molecular weight is 386 g/mol. The summed E-state index contributed by atoms with van der Waals surface area (Å²) < 4.78 is 7.94. The van der Waals surface area contributed by atoms with Gasteiger partial charge in [-0.2, -0.15) is 5.10 Å². The van der Waals surface area contributed by atoms with Crippen LogP contribution >= 0.6 is 15.9 Å². The molecule has 122 valence electrons. The summed E-state index contributed by atoms with van der Waals surface area (Å²) in [5.41, 5.74) is 2.02. The van der Waals surface area contributed by atoms with Crippen molar-refractivity contribution < 1.29 is 9.53 Å². The topological polar surface area (TPSA) is 56.2 Å². The summed E-state index contributed by atoms with van der Waals surface area (Å²) in [5, 5.41) is 6.97. The largest absolute Gasteiger partial charge is 0.444 e. The Labute approximate surface area is 148 Å². The Balaban J connectivity index is 1.59. The van der Waals surface area contributed by atoms with Crippen LogP contribution < -0.4 is 5.32 Å². The SMILES string of the molecule is O=C(Nc1ccnn1Cc1cccc(Br)c1)OCc1ccccc1. The Bertz CT molecular complexity index is 818. The number of hydrogen-bond acceptors (Lipinski definition) is 3. The third-order valence-corrected chi connectivity index (χ3v) is 3.87. The molecule has 2 aromatic carbocycles. The van der Waals surface area contributed by atoms with Crippen molar-refractivity contribution in [2.45, 2.75) is 13.2 Å². The van der Waals surface area contributed by atoms with Gasteiger partial charge in [-0.3, -0.25) is 5.32 Å². The van der Waals surface area contributed by atoms with Crippen LogP contribution in [0.2, 0.25) is 0 Å². The van der Waals surface area contributed by atoms with Crippen LogP contribution in [0.3, 0.4) is 0 Å². The number of halogens is 1. The van der Waals surface area contributed by atoms with Crippen LogP contribution in [-0.4, -0.2) is 15.9 Å². The van der Waals surface area contributed by atoms with Crippen LogP contribution in [0, 0.1) is 0 Å². The molecular weight excluding hydrogens is 370 g/mol. The first-order chi connectivity index (χ1) is 11.7. The Kier molecular flexibility index (Phi) is 5.28. The summed E-state index contributed by atoms with van der Waals surface area (Å²) in [5.74, 6) is 0.591. The van der Waals surface area contributed by atoms with Gasteiger partial charge in [-0.1, -0.05) is 58.4 Å². The van der Waals surface area contributed by atoms with Gasteiger partial charge < -0.3 is 4.74 Å². The second kappa shape index (κ2) is 7.79. The molecule has 0 aliphatic carbocycles. The monoisotopic (exact) mass is 385 g/mol. The Morgan fingerprint density at radius 3 is 2.67 bits per heavy atom. The zero-order valence-electron chi connectivity index (χ0n) is 12.9. The lowest BCUT2D eigenvalue weighted by Gasteiger charge is -2.10. The highest BCUT2D eigenvalue weighted by Gasteiger charge is 2.09. The maximum atomic E-state index is 12.0. The number of anilines is 1. The minimum Gasteiger partial charge on any atom is -0.444 e. The number of aromatic nitrogens is 2. The molecule has 24 heavy (non-hydrogen) atoms. The molecule has 6 heteroatoms. The second-order valence-electron chi connectivity index (χ2n) is 5.19. The minimum absolute atomic E-state index is 0.229. The molecule has 1 heterocycles. The van der Waals surface area contributed by atoms with E-state index in [2.05, 4.69) is 26.3 Å². The van der Waals surface area contributed by atoms with Gasteiger partial charge in [0.05, 0.1) is 12.7 Å². The molecule has 0 saturated heterocycles. The van der Waals surface area contributed by atoms with Gasteiger partial charge in [-0.15, -0.1) is 0 Å². The summed E-state index contributed by atoms with van der Waals surface area (Å²) in [7, 11) is 0. The molecule has 0 fully saturated rings. The summed E-state index contributed by atoms with van der Waals surface area (Å²) >= 11 is 3.45. The summed E-state index contributed by atoms with van der Waals surface area (Å²) in [6.45, 7) is 0.785. The molecule has 3 rings (SSSR count). The minimum atomic E-state index is -0.505. The first-order valence-electron chi connectivity index (χ1n) is 7.45. The van der Waals surface area contributed by atoms with E-state index in [-0.39, 0.29) is 6.61 Å². The predicted molar refractivity (Wildman–Crippen MR) is 95.7 cm³/mol. The molecule has 0 aliphatic heterocycles. The zero-order chi connectivity index (χ0) is 16.8. The lowest BCUT2D eigenvalue weighted by Crippen LogP contribution is -2.17. The van der Waals surface area contributed by atoms with Crippen molar-refractivity contribution in [3.8, 4) is 0 Å². The number of rotatable bonds is 5. The summed E-state index contributed by atoms with van der Waals surface area (Å²) in [4.78, 5) is 12.0. The number of carbonyl (C=O) groups is 1. The van der Waals surface area contributed by atoms with E-state index >= 15 is 0 Å². The molecule has 5 nitrogen and oxygen atoms in total. The van der Waals surface area contributed by atoms with E-state index < -0.39 is 6.09 Å². The van der Waals surface area contributed by atoms with Crippen molar-refractivity contribution in [1.29, 1.82) is 0 Å².